The zero-order valence-electron chi connectivity index (χ0n) is 21.2. The average Bonchev–Trinajstić information content (AvgIpc) is 3.20. The quantitative estimate of drug-likeness (QED) is 0.566. The van der Waals surface area contributed by atoms with Gasteiger partial charge < -0.3 is 15.1 Å². The Morgan fingerprint density at radius 1 is 1.09 bits per heavy atom. The van der Waals surface area contributed by atoms with E-state index in [1.165, 1.54) is 0 Å². The first-order valence-corrected chi connectivity index (χ1v) is 11.7. The number of hydrogen-bond donors (Lipinski definition) is 1. The minimum Gasteiger partial charge on any atom is -0.357 e. The number of fused-ring (bicyclic) bond motifs is 1. The minimum atomic E-state index is -0.0743. The maximum atomic E-state index is 13.5. The Bertz CT molecular complexity index is 1250. The summed E-state index contributed by atoms with van der Waals surface area (Å²) in [5, 5.41) is 3.18. The van der Waals surface area contributed by atoms with Gasteiger partial charge in [-0.1, -0.05) is 18.2 Å². The molecule has 0 aliphatic carbocycles. The fourth-order valence-corrected chi connectivity index (χ4v) is 4.07. The number of nitrogens with zero attached hydrogens (tertiary/aromatic N) is 5. The molecule has 1 aromatic carbocycles. The highest BCUT2D eigenvalue weighted by atomic mass is 16.2. The highest BCUT2D eigenvalue weighted by Gasteiger charge is 2.33. The van der Waals surface area contributed by atoms with Crippen molar-refractivity contribution in [1.82, 2.24) is 20.2 Å². The van der Waals surface area contributed by atoms with E-state index in [1.807, 2.05) is 50.5 Å². The number of benzene rings is 1. The van der Waals surface area contributed by atoms with Gasteiger partial charge in [0.15, 0.2) is 0 Å². The summed E-state index contributed by atoms with van der Waals surface area (Å²) >= 11 is 0. The second-order valence-electron chi connectivity index (χ2n) is 9.24. The Kier molecular flexibility index (Phi) is 6.84. The maximum Gasteiger partial charge on any atom is 0.260 e. The SMILES string of the molecule is CNCc1nc(N(C)C(C)C)cc2c1CN(c1cccc(-c3ccc(C(=O)N(C)C)cc3)n1)C2=O. The zero-order valence-corrected chi connectivity index (χ0v) is 21.2. The number of nitrogens with one attached hydrogen (secondary N) is 1. The van der Waals surface area contributed by atoms with Crippen LogP contribution in [0.1, 0.15) is 45.8 Å². The van der Waals surface area contributed by atoms with Crippen LogP contribution in [-0.4, -0.2) is 60.9 Å². The van der Waals surface area contributed by atoms with Crippen LogP contribution in [0.3, 0.4) is 0 Å². The molecule has 4 rings (SSSR count). The number of rotatable bonds is 7. The molecule has 0 atom stereocenters. The van der Waals surface area contributed by atoms with Gasteiger partial charge in [0.2, 0.25) is 0 Å². The van der Waals surface area contributed by atoms with Gasteiger partial charge in [-0.3, -0.25) is 14.5 Å². The second-order valence-corrected chi connectivity index (χ2v) is 9.24. The summed E-state index contributed by atoms with van der Waals surface area (Å²) in [6.07, 6.45) is 0. The van der Waals surface area contributed by atoms with Crippen molar-refractivity contribution in [3.05, 3.63) is 70.9 Å². The summed E-state index contributed by atoms with van der Waals surface area (Å²) in [5.41, 5.74) is 4.72. The van der Waals surface area contributed by atoms with E-state index in [1.54, 1.807) is 36.0 Å². The van der Waals surface area contributed by atoms with E-state index in [4.69, 9.17) is 9.97 Å². The van der Waals surface area contributed by atoms with Gasteiger partial charge in [0, 0.05) is 50.4 Å². The molecule has 35 heavy (non-hydrogen) atoms. The molecule has 2 amide bonds. The summed E-state index contributed by atoms with van der Waals surface area (Å²) in [5.74, 6) is 1.25. The molecule has 0 fully saturated rings. The normalized spacial score (nSPS) is 12.8. The number of hydrogen-bond acceptors (Lipinski definition) is 6. The molecule has 0 radical (unpaired) electrons. The molecule has 3 heterocycles. The second kappa shape index (κ2) is 9.84. The van der Waals surface area contributed by atoms with E-state index >= 15 is 0 Å². The Hall–Kier alpha value is -3.78. The maximum absolute atomic E-state index is 13.5. The smallest absolute Gasteiger partial charge is 0.260 e. The van der Waals surface area contributed by atoms with Crippen LogP contribution >= 0.6 is 0 Å². The predicted molar refractivity (Wildman–Crippen MR) is 139 cm³/mol. The van der Waals surface area contributed by atoms with Crippen LogP contribution in [0.25, 0.3) is 11.3 Å². The molecule has 8 nitrogen and oxygen atoms in total. The highest BCUT2D eigenvalue weighted by molar-refractivity contribution is 6.10. The standard InChI is InChI=1S/C27H32N6O2/c1-17(2)32(6)25-14-20-21(23(30-25)15-28-3)16-33(27(20)35)24-9-7-8-22(29-24)18-10-12-19(13-11-18)26(34)31(4)5/h7-14,17,28H,15-16H2,1-6H3. The lowest BCUT2D eigenvalue weighted by atomic mass is 10.1. The van der Waals surface area contributed by atoms with Crippen LogP contribution in [0.5, 0.6) is 0 Å². The summed E-state index contributed by atoms with van der Waals surface area (Å²) < 4.78 is 0. The molecule has 0 saturated heterocycles. The molecule has 3 aromatic rings. The molecule has 1 aliphatic heterocycles. The highest BCUT2D eigenvalue weighted by Crippen LogP contribution is 2.32. The van der Waals surface area contributed by atoms with Crippen LogP contribution in [-0.2, 0) is 13.1 Å². The first-order chi connectivity index (χ1) is 16.7. The van der Waals surface area contributed by atoms with E-state index in [-0.39, 0.29) is 17.9 Å². The van der Waals surface area contributed by atoms with Crippen LogP contribution in [0.4, 0.5) is 11.6 Å². The number of pyridine rings is 2. The van der Waals surface area contributed by atoms with Crippen molar-refractivity contribution in [3.63, 3.8) is 0 Å². The molecule has 1 N–H and O–H groups in total. The monoisotopic (exact) mass is 472 g/mol. The van der Waals surface area contributed by atoms with E-state index in [2.05, 4.69) is 24.1 Å². The summed E-state index contributed by atoms with van der Waals surface area (Å²) in [7, 11) is 7.33. The van der Waals surface area contributed by atoms with Crippen molar-refractivity contribution in [2.24, 2.45) is 0 Å². The van der Waals surface area contributed by atoms with Crippen molar-refractivity contribution < 1.29 is 9.59 Å². The number of carbonyl (C=O) groups is 2. The van der Waals surface area contributed by atoms with E-state index in [0.29, 0.717) is 30.0 Å². The molecule has 0 saturated carbocycles. The van der Waals surface area contributed by atoms with Crippen molar-refractivity contribution >= 4 is 23.5 Å². The first-order valence-electron chi connectivity index (χ1n) is 11.7. The van der Waals surface area contributed by atoms with E-state index in [0.717, 1.165) is 28.3 Å². The Morgan fingerprint density at radius 2 is 1.80 bits per heavy atom. The van der Waals surface area contributed by atoms with E-state index < -0.39 is 0 Å². The molecule has 0 spiro atoms. The van der Waals surface area contributed by atoms with Crippen molar-refractivity contribution in [2.45, 2.75) is 33.0 Å². The largest absolute Gasteiger partial charge is 0.357 e. The topological polar surface area (TPSA) is 81.7 Å². The van der Waals surface area contributed by atoms with Crippen molar-refractivity contribution in [2.75, 3.05) is 38.0 Å². The first kappa shape index (κ1) is 24.3. The molecule has 182 valence electrons. The zero-order chi connectivity index (χ0) is 25.3. The summed E-state index contributed by atoms with van der Waals surface area (Å²) in [6.45, 7) is 5.20. The third kappa shape index (κ3) is 4.74. The molecule has 1 aliphatic rings. The van der Waals surface area contributed by atoms with Gasteiger partial charge in [-0.25, -0.2) is 9.97 Å². The van der Waals surface area contributed by atoms with Crippen molar-refractivity contribution in [3.8, 4) is 11.3 Å². The van der Waals surface area contributed by atoms with Crippen LogP contribution in [0.2, 0.25) is 0 Å². The third-order valence-corrected chi connectivity index (χ3v) is 6.31. The lowest BCUT2D eigenvalue weighted by Crippen LogP contribution is -2.27. The van der Waals surface area contributed by atoms with Gasteiger partial charge >= 0.3 is 0 Å². The van der Waals surface area contributed by atoms with Crippen LogP contribution < -0.4 is 15.1 Å². The predicted octanol–water partition coefficient (Wildman–Crippen LogP) is 3.57. The third-order valence-electron chi connectivity index (χ3n) is 6.31. The summed E-state index contributed by atoms with van der Waals surface area (Å²) in [6, 6.07) is 15.2. The number of amides is 2. The fourth-order valence-electron chi connectivity index (χ4n) is 4.07. The molecule has 0 unspecified atom stereocenters. The van der Waals surface area contributed by atoms with Crippen LogP contribution in [0, 0.1) is 0 Å². The molecular formula is C27H32N6O2. The van der Waals surface area contributed by atoms with Gasteiger partial charge in [0.1, 0.15) is 11.6 Å². The lowest BCUT2D eigenvalue weighted by molar-refractivity contribution is 0.0827. The van der Waals surface area contributed by atoms with Gasteiger partial charge in [0.25, 0.3) is 11.8 Å². The average molecular weight is 473 g/mol. The number of anilines is 2. The van der Waals surface area contributed by atoms with Crippen molar-refractivity contribution in [1.29, 1.82) is 0 Å². The van der Waals surface area contributed by atoms with Gasteiger partial charge in [-0.15, -0.1) is 0 Å². The van der Waals surface area contributed by atoms with Crippen LogP contribution in [0.15, 0.2) is 48.5 Å². The van der Waals surface area contributed by atoms with Gasteiger partial charge in [-0.05, 0) is 51.2 Å². The lowest BCUT2D eigenvalue weighted by Gasteiger charge is -2.24. The molecule has 0 bridgehead atoms. The summed E-state index contributed by atoms with van der Waals surface area (Å²) in [4.78, 5) is 40.7. The Labute approximate surface area is 206 Å². The van der Waals surface area contributed by atoms with Gasteiger partial charge in [-0.2, -0.15) is 0 Å². The molecular weight excluding hydrogens is 440 g/mol. The molecule has 8 heteroatoms. The van der Waals surface area contributed by atoms with Gasteiger partial charge in [0.05, 0.1) is 23.5 Å². The van der Waals surface area contributed by atoms with E-state index in [9.17, 15) is 9.59 Å². The number of carbonyl (C=O) groups excluding carboxylic acids is 2. The minimum absolute atomic E-state index is 0.0489. The Morgan fingerprint density at radius 3 is 2.43 bits per heavy atom. The fraction of sp³-hybridized carbons (Fsp3) is 0.333. The number of aromatic nitrogens is 2. The Balaban J connectivity index is 1.66. The molecule has 2 aromatic heterocycles.